The van der Waals surface area contributed by atoms with Gasteiger partial charge in [-0.05, 0) is 41.8 Å². The van der Waals surface area contributed by atoms with Crippen LogP contribution in [0, 0.1) is 11.2 Å². The van der Waals surface area contributed by atoms with E-state index in [2.05, 4.69) is 10.6 Å². The van der Waals surface area contributed by atoms with Crippen molar-refractivity contribution in [3.05, 3.63) is 90.2 Å². The number of amides is 2. The van der Waals surface area contributed by atoms with Gasteiger partial charge in [0.2, 0.25) is 11.8 Å². The normalized spacial score (nSPS) is 11.3. The first-order valence-corrected chi connectivity index (χ1v) is 11.4. The molecule has 1 heterocycles. The number of fused-ring (bicyclic) bond motifs is 1. The van der Waals surface area contributed by atoms with Crippen molar-refractivity contribution in [3.63, 3.8) is 0 Å². The fraction of sp³-hybridized carbons (Fsp3) is 0.214. The second-order valence-corrected chi connectivity index (χ2v) is 9.60. The van der Waals surface area contributed by atoms with Crippen LogP contribution in [0.4, 0.5) is 20.6 Å². The molecule has 0 unspecified atom stereocenters. The van der Waals surface area contributed by atoms with Crippen LogP contribution < -0.4 is 15.4 Å². The van der Waals surface area contributed by atoms with Gasteiger partial charge in [0, 0.05) is 34.8 Å². The summed E-state index contributed by atoms with van der Waals surface area (Å²) in [5, 5.41) is 6.36. The first kappa shape index (κ1) is 24.0. The minimum atomic E-state index is -0.660. The second kappa shape index (κ2) is 10.0. The number of hydrogen-bond donors (Lipinski definition) is 2. The van der Waals surface area contributed by atoms with E-state index in [4.69, 9.17) is 4.74 Å². The third-order valence-corrected chi connectivity index (χ3v) is 5.34. The van der Waals surface area contributed by atoms with E-state index in [1.54, 1.807) is 59.2 Å². The number of rotatable bonds is 6. The van der Waals surface area contributed by atoms with Crippen LogP contribution in [0.15, 0.2) is 78.9 Å². The number of nitrogens with one attached hydrogen (secondary N) is 2. The lowest BCUT2D eigenvalue weighted by atomic mass is 9.92. The third-order valence-electron chi connectivity index (χ3n) is 5.34. The Balaban J connectivity index is 1.65. The van der Waals surface area contributed by atoms with Gasteiger partial charge in [-0.25, -0.2) is 9.18 Å². The summed E-state index contributed by atoms with van der Waals surface area (Å²) in [4.78, 5) is 25.0. The highest BCUT2D eigenvalue weighted by atomic mass is 19.1. The molecule has 0 aliphatic heterocycles. The van der Waals surface area contributed by atoms with E-state index in [1.807, 2.05) is 39.0 Å². The topological polar surface area (TPSA) is 72.4 Å². The largest absolute Gasteiger partial charge is 0.418 e. The first-order chi connectivity index (χ1) is 16.7. The molecule has 2 amide bonds. The van der Waals surface area contributed by atoms with E-state index in [0.29, 0.717) is 23.4 Å². The van der Waals surface area contributed by atoms with Gasteiger partial charge >= 0.3 is 6.09 Å². The van der Waals surface area contributed by atoms with Gasteiger partial charge in [-0.2, -0.15) is 0 Å². The predicted molar refractivity (Wildman–Crippen MR) is 136 cm³/mol. The fourth-order valence-corrected chi connectivity index (χ4v) is 3.81. The Morgan fingerprint density at radius 2 is 1.60 bits per heavy atom. The van der Waals surface area contributed by atoms with E-state index in [-0.39, 0.29) is 29.6 Å². The monoisotopic (exact) mass is 473 g/mol. The molecule has 180 valence electrons. The molecule has 6 nitrogen and oxygen atoms in total. The number of hydrogen-bond acceptors (Lipinski definition) is 3. The van der Waals surface area contributed by atoms with Crippen LogP contribution in [-0.4, -0.2) is 16.6 Å². The molecule has 3 aromatic carbocycles. The summed E-state index contributed by atoms with van der Waals surface area (Å²) in [7, 11) is 0. The average molecular weight is 474 g/mol. The lowest BCUT2D eigenvalue weighted by molar-refractivity contribution is -0.117. The molecule has 0 spiro atoms. The molecule has 1 aromatic heterocycles. The second-order valence-electron chi connectivity index (χ2n) is 9.60. The summed E-state index contributed by atoms with van der Waals surface area (Å²) in [6.45, 7) is 6.17. The van der Waals surface area contributed by atoms with Crippen molar-refractivity contribution in [1.82, 2.24) is 4.57 Å². The Labute approximate surface area is 203 Å². The van der Waals surface area contributed by atoms with Crippen molar-refractivity contribution in [2.45, 2.75) is 33.7 Å². The zero-order chi connectivity index (χ0) is 25.0. The quantitative estimate of drug-likeness (QED) is 0.323. The maximum atomic E-state index is 14.4. The smallest absolute Gasteiger partial charge is 0.393 e. The molecule has 35 heavy (non-hydrogen) atoms. The number of halogens is 1. The van der Waals surface area contributed by atoms with Gasteiger partial charge in [0.1, 0.15) is 5.82 Å². The molecule has 0 saturated carbocycles. The van der Waals surface area contributed by atoms with Gasteiger partial charge in [0.25, 0.3) is 0 Å². The zero-order valence-electron chi connectivity index (χ0n) is 20.0. The summed E-state index contributed by atoms with van der Waals surface area (Å²) < 4.78 is 21.8. The Bertz CT molecular complexity index is 1360. The van der Waals surface area contributed by atoms with Crippen molar-refractivity contribution in [2.24, 2.45) is 5.41 Å². The highest BCUT2D eigenvalue weighted by Gasteiger charge is 2.18. The lowest BCUT2D eigenvalue weighted by Gasteiger charge is -2.17. The average Bonchev–Trinajstić information content (AvgIpc) is 3.10. The minimum absolute atomic E-state index is 0.0821. The van der Waals surface area contributed by atoms with Crippen molar-refractivity contribution in [1.29, 1.82) is 0 Å². The molecule has 0 atom stereocenters. The maximum Gasteiger partial charge on any atom is 0.418 e. The molecule has 4 rings (SSSR count). The summed E-state index contributed by atoms with van der Waals surface area (Å²) in [6, 6.07) is 22.6. The van der Waals surface area contributed by atoms with Crippen LogP contribution in [0.2, 0.25) is 0 Å². The Hall–Kier alpha value is -4.13. The van der Waals surface area contributed by atoms with Crippen LogP contribution in [0.3, 0.4) is 0 Å². The first-order valence-electron chi connectivity index (χ1n) is 11.4. The molecule has 0 aliphatic carbocycles. The third kappa shape index (κ3) is 6.26. The molecule has 0 bridgehead atoms. The molecular weight excluding hydrogens is 445 g/mol. The maximum absolute atomic E-state index is 14.4. The van der Waals surface area contributed by atoms with Crippen LogP contribution in [0.5, 0.6) is 5.88 Å². The predicted octanol–water partition coefficient (Wildman–Crippen LogP) is 6.81. The number of nitrogens with zero attached hydrogens (tertiary/aromatic N) is 1. The van der Waals surface area contributed by atoms with Gasteiger partial charge in [0.05, 0.1) is 12.1 Å². The number of carbonyl (C=O) groups excluding carboxylic acids is 2. The summed E-state index contributed by atoms with van der Waals surface area (Å²) in [6.07, 6.45) is -0.277. The van der Waals surface area contributed by atoms with Gasteiger partial charge in [-0.15, -0.1) is 0 Å². The van der Waals surface area contributed by atoms with E-state index in [0.717, 1.165) is 10.9 Å². The van der Waals surface area contributed by atoms with Gasteiger partial charge in [-0.3, -0.25) is 10.1 Å². The molecule has 0 radical (unpaired) electrons. The number of aromatic nitrogens is 1. The fourth-order valence-electron chi connectivity index (χ4n) is 3.81. The number of anilines is 2. The lowest BCUT2D eigenvalue weighted by Crippen LogP contribution is -2.19. The van der Waals surface area contributed by atoms with E-state index < -0.39 is 6.09 Å². The SMILES string of the molecule is CC(C)(C)CC(=O)Nc1ccc2c(c1)cc(OC(=O)Nc1ccccc1)n2Cc1ccccc1F. The number of carbonyl (C=O) groups is 2. The molecule has 0 fully saturated rings. The zero-order valence-corrected chi connectivity index (χ0v) is 20.0. The van der Waals surface area contributed by atoms with Gasteiger partial charge in [0.15, 0.2) is 0 Å². The number of benzene rings is 3. The summed E-state index contributed by atoms with van der Waals surface area (Å²) in [5.41, 5.74) is 2.29. The Kier molecular flexibility index (Phi) is 6.87. The van der Waals surface area contributed by atoms with Crippen molar-refractivity contribution in [2.75, 3.05) is 10.6 Å². The van der Waals surface area contributed by atoms with Crippen LogP contribution in [0.25, 0.3) is 10.9 Å². The van der Waals surface area contributed by atoms with Crippen LogP contribution in [0.1, 0.15) is 32.8 Å². The van der Waals surface area contributed by atoms with Crippen molar-refractivity contribution >= 4 is 34.3 Å². The van der Waals surface area contributed by atoms with Crippen molar-refractivity contribution < 1.29 is 18.7 Å². The van der Waals surface area contributed by atoms with Crippen LogP contribution in [-0.2, 0) is 11.3 Å². The molecule has 2 N–H and O–H groups in total. The number of para-hydroxylation sites is 1. The van der Waals surface area contributed by atoms with Gasteiger partial charge < -0.3 is 14.6 Å². The summed E-state index contributed by atoms with van der Waals surface area (Å²) in [5.74, 6) is -0.170. The Morgan fingerprint density at radius 1 is 0.886 bits per heavy atom. The van der Waals surface area contributed by atoms with E-state index >= 15 is 0 Å². The Morgan fingerprint density at radius 3 is 2.31 bits per heavy atom. The standard InChI is InChI=1S/C28H28FN3O3/c1-28(2,3)17-25(33)30-22-13-14-24-20(15-22)16-26(32(24)18-19-9-7-8-12-23(19)29)35-27(34)31-21-10-5-4-6-11-21/h4-16H,17-18H2,1-3H3,(H,30,33)(H,31,34). The van der Waals surface area contributed by atoms with Crippen LogP contribution >= 0.6 is 0 Å². The highest BCUT2D eigenvalue weighted by Crippen LogP contribution is 2.30. The van der Waals surface area contributed by atoms with Gasteiger partial charge in [-0.1, -0.05) is 57.2 Å². The highest BCUT2D eigenvalue weighted by molar-refractivity contribution is 5.95. The molecular formula is C28H28FN3O3. The molecule has 7 heteroatoms. The summed E-state index contributed by atoms with van der Waals surface area (Å²) >= 11 is 0. The van der Waals surface area contributed by atoms with E-state index in [1.165, 1.54) is 6.07 Å². The molecule has 4 aromatic rings. The van der Waals surface area contributed by atoms with E-state index in [9.17, 15) is 14.0 Å². The number of ether oxygens (including phenoxy) is 1. The van der Waals surface area contributed by atoms with Crippen molar-refractivity contribution in [3.8, 4) is 5.88 Å². The molecule has 0 saturated heterocycles. The molecule has 0 aliphatic rings. The minimum Gasteiger partial charge on any atom is -0.393 e.